The molecule has 27 heavy (non-hydrogen) atoms. The molecule has 0 unspecified atom stereocenters. The van der Waals surface area contributed by atoms with Gasteiger partial charge in [-0.15, -0.1) is 0 Å². The molecular formula is C23H25N3O. The minimum atomic E-state index is -0.295. The van der Waals surface area contributed by atoms with E-state index in [4.69, 9.17) is 0 Å². The first kappa shape index (κ1) is 18.6. The van der Waals surface area contributed by atoms with Crippen LogP contribution in [0.5, 0.6) is 0 Å². The van der Waals surface area contributed by atoms with E-state index < -0.39 is 0 Å². The largest absolute Gasteiger partial charge is 0.347 e. The van der Waals surface area contributed by atoms with Gasteiger partial charge in [0.25, 0.3) is 5.91 Å². The minimum Gasteiger partial charge on any atom is -0.347 e. The Hall–Kier alpha value is -3.14. The molecule has 4 nitrogen and oxygen atoms in total. The Morgan fingerprint density at radius 1 is 0.926 bits per heavy atom. The number of hydrogen-bond acceptors (Lipinski definition) is 3. The zero-order chi connectivity index (χ0) is 19.3. The van der Waals surface area contributed by atoms with Crippen molar-refractivity contribution in [3.63, 3.8) is 0 Å². The van der Waals surface area contributed by atoms with Crippen molar-refractivity contribution in [1.29, 1.82) is 0 Å². The van der Waals surface area contributed by atoms with Gasteiger partial charge in [0.05, 0.1) is 17.4 Å². The van der Waals surface area contributed by atoms with Crippen LogP contribution in [0.25, 0.3) is 0 Å². The van der Waals surface area contributed by atoms with Gasteiger partial charge in [-0.25, -0.2) is 0 Å². The summed E-state index contributed by atoms with van der Waals surface area (Å²) in [5.41, 5.74) is 3.38. The lowest BCUT2D eigenvalue weighted by Crippen LogP contribution is -2.40. The maximum absolute atomic E-state index is 12.6. The fourth-order valence-corrected chi connectivity index (χ4v) is 2.82. The summed E-state index contributed by atoms with van der Waals surface area (Å²) in [6.45, 7) is 6.59. The highest BCUT2D eigenvalue weighted by atomic mass is 16.1. The Morgan fingerprint density at radius 2 is 1.56 bits per heavy atom. The van der Waals surface area contributed by atoms with Gasteiger partial charge in [0.1, 0.15) is 0 Å². The third kappa shape index (κ3) is 5.17. The predicted octanol–water partition coefficient (Wildman–Crippen LogP) is 4.95. The van der Waals surface area contributed by atoms with Gasteiger partial charge in [-0.3, -0.25) is 9.78 Å². The van der Waals surface area contributed by atoms with Gasteiger partial charge >= 0.3 is 0 Å². The molecule has 0 bridgehead atoms. The number of para-hydroxylation sites is 1. The molecule has 1 amide bonds. The second-order valence-corrected chi connectivity index (χ2v) is 7.54. The number of rotatable bonds is 5. The molecule has 0 aliphatic rings. The molecule has 2 aromatic carbocycles. The Bertz CT molecular complexity index is 886. The van der Waals surface area contributed by atoms with Crippen LogP contribution < -0.4 is 10.2 Å². The average Bonchev–Trinajstić information content (AvgIpc) is 2.66. The molecule has 0 aliphatic heterocycles. The average molecular weight is 359 g/mol. The van der Waals surface area contributed by atoms with Crippen molar-refractivity contribution < 1.29 is 4.79 Å². The van der Waals surface area contributed by atoms with Gasteiger partial charge in [0.15, 0.2) is 0 Å². The number of anilines is 2. The van der Waals surface area contributed by atoms with Gasteiger partial charge < -0.3 is 10.2 Å². The third-order valence-corrected chi connectivity index (χ3v) is 4.04. The molecule has 0 radical (unpaired) electrons. The zero-order valence-corrected chi connectivity index (χ0v) is 16.0. The van der Waals surface area contributed by atoms with Crippen LogP contribution in [0.2, 0.25) is 0 Å². The van der Waals surface area contributed by atoms with E-state index in [1.54, 1.807) is 12.4 Å². The van der Waals surface area contributed by atoms with Crippen molar-refractivity contribution in [3.8, 4) is 0 Å². The Kier molecular flexibility index (Phi) is 5.55. The molecule has 4 heteroatoms. The van der Waals surface area contributed by atoms with Crippen LogP contribution in [0.1, 0.15) is 36.7 Å². The number of aromatic nitrogens is 1. The molecule has 0 saturated heterocycles. The van der Waals surface area contributed by atoms with Crippen molar-refractivity contribution in [1.82, 2.24) is 10.3 Å². The highest BCUT2D eigenvalue weighted by molar-refractivity contribution is 5.95. The summed E-state index contributed by atoms with van der Waals surface area (Å²) in [7, 11) is 0. The molecule has 138 valence electrons. The molecule has 0 fully saturated rings. The summed E-state index contributed by atoms with van der Waals surface area (Å²) >= 11 is 0. The zero-order valence-electron chi connectivity index (χ0n) is 16.0. The number of amides is 1. The van der Waals surface area contributed by atoms with E-state index in [1.807, 2.05) is 63.2 Å². The lowest BCUT2D eigenvalue weighted by Gasteiger charge is -2.26. The maximum Gasteiger partial charge on any atom is 0.253 e. The molecule has 0 aliphatic carbocycles. The third-order valence-electron chi connectivity index (χ3n) is 4.04. The van der Waals surface area contributed by atoms with Crippen LogP contribution in [-0.2, 0) is 6.54 Å². The van der Waals surface area contributed by atoms with Gasteiger partial charge in [-0.1, -0.05) is 48.5 Å². The number of hydrogen-bond donors (Lipinski definition) is 1. The summed E-state index contributed by atoms with van der Waals surface area (Å²) in [6, 6.07) is 22.3. The standard InChI is InChI=1S/C23H25N3O/c1-23(2,3)25-22(27)19-14-21(16-24-15-19)26(20-12-8-5-9-13-20)17-18-10-6-4-7-11-18/h4-16H,17H2,1-3H3,(H,25,27). The van der Waals surface area contributed by atoms with Crippen molar-refractivity contribution in [2.45, 2.75) is 32.9 Å². The summed E-state index contributed by atoms with van der Waals surface area (Å²) in [6.07, 6.45) is 3.40. The van der Waals surface area contributed by atoms with Crippen molar-refractivity contribution in [3.05, 3.63) is 90.3 Å². The minimum absolute atomic E-state index is 0.121. The van der Waals surface area contributed by atoms with E-state index >= 15 is 0 Å². The Labute approximate surface area is 160 Å². The summed E-state index contributed by atoms with van der Waals surface area (Å²) < 4.78 is 0. The molecule has 1 N–H and O–H groups in total. The molecule has 0 spiro atoms. The smallest absolute Gasteiger partial charge is 0.253 e. The molecule has 3 aromatic rings. The van der Waals surface area contributed by atoms with Gasteiger partial charge in [0.2, 0.25) is 0 Å². The Morgan fingerprint density at radius 3 is 2.19 bits per heavy atom. The fraction of sp³-hybridized carbons (Fsp3) is 0.217. The van der Waals surface area contributed by atoms with Crippen LogP contribution in [0, 0.1) is 0 Å². The van der Waals surface area contributed by atoms with Gasteiger partial charge in [-0.05, 0) is 44.5 Å². The first-order valence-electron chi connectivity index (χ1n) is 9.06. The van der Waals surface area contributed by atoms with Crippen molar-refractivity contribution >= 4 is 17.3 Å². The number of nitrogens with one attached hydrogen (secondary N) is 1. The fourth-order valence-electron chi connectivity index (χ4n) is 2.82. The topological polar surface area (TPSA) is 45.2 Å². The lowest BCUT2D eigenvalue weighted by atomic mass is 10.1. The molecule has 1 heterocycles. The van der Waals surface area contributed by atoms with E-state index in [2.05, 4.69) is 39.5 Å². The van der Waals surface area contributed by atoms with Crippen molar-refractivity contribution in [2.24, 2.45) is 0 Å². The van der Waals surface area contributed by atoms with Crippen molar-refractivity contribution in [2.75, 3.05) is 4.90 Å². The number of benzene rings is 2. The second-order valence-electron chi connectivity index (χ2n) is 7.54. The normalized spacial score (nSPS) is 11.1. The van der Waals surface area contributed by atoms with E-state index in [0.717, 1.165) is 11.4 Å². The summed E-state index contributed by atoms with van der Waals surface area (Å²) in [5, 5.41) is 2.99. The quantitative estimate of drug-likeness (QED) is 0.701. The molecule has 3 rings (SSSR count). The van der Waals surface area contributed by atoms with E-state index in [1.165, 1.54) is 5.56 Å². The number of carbonyl (C=O) groups is 1. The van der Waals surface area contributed by atoms with Crippen LogP contribution >= 0.6 is 0 Å². The van der Waals surface area contributed by atoms with E-state index in [0.29, 0.717) is 12.1 Å². The molecule has 0 saturated carbocycles. The number of nitrogens with zero attached hydrogens (tertiary/aromatic N) is 2. The lowest BCUT2D eigenvalue weighted by molar-refractivity contribution is 0.0919. The van der Waals surface area contributed by atoms with Crippen LogP contribution in [0.4, 0.5) is 11.4 Å². The summed E-state index contributed by atoms with van der Waals surface area (Å²) in [5.74, 6) is -0.121. The van der Waals surface area contributed by atoms with E-state index in [9.17, 15) is 4.79 Å². The molecule has 1 aromatic heterocycles. The van der Waals surface area contributed by atoms with Crippen LogP contribution in [0.15, 0.2) is 79.1 Å². The predicted molar refractivity (Wildman–Crippen MR) is 110 cm³/mol. The van der Waals surface area contributed by atoms with Gasteiger partial charge in [-0.2, -0.15) is 0 Å². The van der Waals surface area contributed by atoms with Gasteiger partial charge in [0, 0.05) is 24.0 Å². The van der Waals surface area contributed by atoms with Crippen LogP contribution in [0.3, 0.4) is 0 Å². The number of pyridine rings is 1. The summed E-state index contributed by atoms with van der Waals surface area (Å²) in [4.78, 5) is 19.0. The first-order valence-corrected chi connectivity index (χ1v) is 9.06. The highest BCUT2D eigenvalue weighted by Gasteiger charge is 2.17. The molecular weight excluding hydrogens is 334 g/mol. The monoisotopic (exact) mass is 359 g/mol. The Balaban J connectivity index is 1.95. The highest BCUT2D eigenvalue weighted by Crippen LogP contribution is 2.27. The second kappa shape index (κ2) is 8.04. The van der Waals surface area contributed by atoms with E-state index in [-0.39, 0.29) is 11.4 Å². The number of carbonyl (C=O) groups excluding carboxylic acids is 1. The first-order chi connectivity index (χ1) is 12.9. The SMILES string of the molecule is CC(C)(C)NC(=O)c1cncc(N(Cc2ccccc2)c2ccccc2)c1. The van der Waals surface area contributed by atoms with Crippen LogP contribution in [-0.4, -0.2) is 16.4 Å². The maximum atomic E-state index is 12.6. The molecule has 0 atom stereocenters.